The molecule has 2 rings (SSSR count). The van der Waals surface area contributed by atoms with Gasteiger partial charge in [0.2, 0.25) is 5.91 Å². The molecule has 6 heteroatoms. The average Bonchev–Trinajstić information content (AvgIpc) is 2.96. The SMILES string of the molecule is Cn1ccc(NC(=O)CCCC[C@H]2CCSS2)n1. The Bertz CT molecular complexity index is 388. The Balaban J connectivity index is 1.57. The molecule has 0 aliphatic carbocycles. The van der Waals surface area contributed by atoms with Crippen molar-refractivity contribution in [1.82, 2.24) is 9.78 Å². The van der Waals surface area contributed by atoms with E-state index in [1.165, 1.54) is 18.6 Å². The van der Waals surface area contributed by atoms with Crippen molar-refractivity contribution in [2.24, 2.45) is 7.05 Å². The minimum atomic E-state index is 0.0714. The Morgan fingerprint density at radius 2 is 2.50 bits per heavy atom. The van der Waals surface area contributed by atoms with Crippen molar-refractivity contribution in [3.8, 4) is 0 Å². The Morgan fingerprint density at radius 1 is 1.61 bits per heavy atom. The van der Waals surface area contributed by atoms with Gasteiger partial charge >= 0.3 is 0 Å². The van der Waals surface area contributed by atoms with Gasteiger partial charge in [0, 0.05) is 36.7 Å². The zero-order chi connectivity index (χ0) is 12.8. The lowest BCUT2D eigenvalue weighted by Crippen LogP contribution is -2.12. The van der Waals surface area contributed by atoms with Gasteiger partial charge in [0.05, 0.1) is 0 Å². The van der Waals surface area contributed by atoms with E-state index in [0.29, 0.717) is 12.2 Å². The summed E-state index contributed by atoms with van der Waals surface area (Å²) < 4.78 is 1.69. The van der Waals surface area contributed by atoms with Gasteiger partial charge in [-0.1, -0.05) is 28.0 Å². The Hall–Kier alpha value is -0.620. The molecule has 1 atom stereocenters. The molecular weight excluding hydrogens is 266 g/mol. The molecule has 1 aromatic rings. The minimum absolute atomic E-state index is 0.0714. The molecule has 1 fully saturated rings. The van der Waals surface area contributed by atoms with Crippen molar-refractivity contribution in [2.75, 3.05) is 11.1 Å². The Morgan fingerprint density at radius 3 is 3.17 bits per heavy atom. The van der Waals surface area contributed by atoms with Crippen LogP contribution in [0.3, 0.4) is 0 Å². The highest BCUT2D eigenvalue weighted by Gasteiger charge is 2.15. The largest absolute Gasteiger partial charge is 0.309 e. The van der Waals surface area contributed by atoms with Crippen LogP contribution in [0.15, 0.2) is 12.3 Å². The molecule has 100 valence electrons. The number of hydrogen-bond donors (Lipinski definition) is 1. The number of amides is 1. The number of carbonyl (C=O) groups is 1. The molecule has 1 aliphatic heterocycles. The summed E-state index contributed by atoms with van der Waals surface area (Å²) in [6.45, 7) is 0. The fraction of sp³-hybridized carbons (Fsp3) is 0.667. The molecule has 0 spiro atoms. The van der Waals surface area contributed by atoms with E-state index in [1.54, 1.807) is 4.68 Å². The molecule has 0 unspecified atom stereocenters. The third-order valence-corrected chi connectivity index (χ3v) is 5.90. The van der Waals surface area contributed by atoms with Crippen LogP contribution in [0, 0.1) is 0 Å². The number of hydrogen-bond acceptors (Lipinski definition) is 4. The van der Waals surface area contributed by atoms with Crippen LogP contribution < -0.4 is 5.32 Å². The van der Waals surface area contributed by atoms with Crippen molar-refractivity contribution >= 4 is 33.3 Å². The number of carbonyl (C=O) groups excluding carboxylic acids is 1. The normalized spacial score (nSPS) is 19.1. The second kappa shape index (κ2) is 7.09. The first-order valence-corrected chi connectivity index (χ1v) is 8.70. The maximum absolute atomic E-state index is 11.6. The summed E-state index contributed by atoms with van der Waals surface area (Å²) in [6.07, 6.45) is 7.12. The highest BCUT2D eigenvalue weighted by Crippen LogP contribution is 2.39. The molecule has 0 bridgehead atoms. The molecule has 0 radical (unpaired) electrons. The summed E-state index contributed by atoms with van der Waals surface area (Å²) in [7, 11) is 5.83. The molecule has 1 saturated heterocycles. The first-order valence-electron chi connectivity index (χ1n) is 6.32. The zero-order valence-electron chi connectivity index (χ0n) is 10.6. The fourth-order valence-electron chi connectivity index (χ4n) is 1.91. The summed E-state index contributed by atoms with van der Waals surface area (Å²) >= 11 is 0. The number of nitrogens with zero attached hydrogens (tertiary/aromatic N) is 2. The summed E-state index contributed by atoms with van der Waals surface area (Å²) in [5, 5.41) is 7.75. The summed E-state index contributed by atoms with van der Waals surface area (Å²) in [6, 6.07) is 1.81. The van der Waals surface area contributed by atoms with Crippen LogP contribution in [0.4, 0.5) is 5.82 Å². The maximum Gasteiger partial charge on any atom is 0.225 e. The number of aromatic nitrogens is 2. The van der Waals surface area contributed by atoms with Crippen molar-refractivity contribution in [2.45, 2.75) is 37.4 Å². The molecule has 1 aromatic heterocycles. The van der Waals surface area contributed by atoms with Crippen LogP contribution in [0.25, 0.3) is 0 Å². The van der Waals surface area contributed by atoms with Gasteiger partial charge in [-0.25, -0.2) is 0 Å². The Kier molecular flexibility index (Phi) is 5.44. The minimum Gasteiger partial charge on any atom is -0.309 e. The van der Waals surface area contributed by atoms with Crippen molar-refractivity contribution in [3.63, 3.8) is 0 Å². The maximum atomic E-state index is 11.6. The van der Waals surface area contributed by atoms with Crippen LogP contribution >= 0.6 is 21.6 Å². The fourth-order valence-corrected chi connectivity index (χ4v) is 4.94. The topological polar surface area (TPSA) is 46.9 Å². The number of rotatable bonds is 6. The smallest absolute Gasteiger partial charge is 0.225 e. The van der Waals surface area contributed by atoms with Gasteiger partial charge in [0.1, 0.15) is 0 Å². The molecule has 1 amide bonds. The van der Waals surface area contributed by atoms with Gasteiger partial charge in [0.25, 0.3) is 0 Å². The lowest BCUT2D eigenvalue weighted by molar-refractivity contribution is -0.116. The summed E-state index contributed by atoms with van der Waals surface area (Å²) in [4.78, 5) is 11.6. The van der Waals surface area contributed by atoms with Gasteiger partial charge in [0.15, 0.2) is 5.82 Å². The van der Waals surface area contributed by atoms with E-state index in [4.69, 9.17) is 0 Å². The molecule has 4 nitrogen and oxygen atoms in total. The van der Waals surface area contributed by atoms with Gasteiger partial charge in [-0.05, 0) is 19.3 Å². The average molecular weight is 285 g/mol. The van der Waals surface area contributed by atoms with Crippen LogP contribution in [-0.2, 0) is 11.8 Å². The van der Waals surface area contributed by atoms with Crippen molar-refractivity contribution in [1.29, 1.82) is 0 Å². The number of nitrogens with one attached hydrogen (secondary N) is 1. The van der Waals surface area contributed by atoms with Crippen LogP contribution in [0.1, 0.15) is 32.1 Å². The Labute approximate surface area is 116 Å². The van der Waals surface area contributed by atoms with Gasteiger partial charge < -0.3 is 5.32 Å². The van der Waals surface area contributed by atoms with E-state index in [0.717, 1.165) is 18.1 Å². The molecule has 1 N–H and O–H groups in total. The number of unbranched alkanes of at least 4 members (excludes halogenated alkanes) is 1. The molecule has 1 aliphatic rings. The molecule has 0 saturated carbocycles. The van der Waals surface area contributed by atoms with E-state index >= 15 is 0 Å². The molecule has 18 heavy (non-hydrogen) atoms. The van der Waals surface area contributed by atoms with Crippen LogP contribution in [0.5, 0.6) is 0 Å². The second-order valence-corrected chi connectivity index (χ2v) is 7.29. The van der Waals surface area contributed by atoms with E-state index < -0.39 is 0 Å². The molecule has 2 heterocycles. The van der Waals surface area contributed by atoms with Gasteiger partial charge in [-0.3, -0.25) is 9.48 Å². The summed E-state index contributed by atoms with van der Waals surface area (Å²) in [5.74, 6) is 2.00. The molecule has 0 aromatic carbocycles. The van der Waals surface area contributed by atoms with E-state index in [-0.39, 0.29) is 5.91 Å². The summed E-state index contributed by atoms with van der Waals surface area (Å²) in [5.41, 5.74) is 0. The van der Waals surface area contributed by atoms with Crippen molar-refractivity contribution in [3.05, 3.63) is 12.3 Å². The van der Waals surface area contributed by atoms with Crippen molar-refractivity contribution < 1.29 is 4.79 Å². The number of aryl methyl sites for hydroxylation is 1. The lowest BCUT2D eigenvalue weighted by atomic mass is 10.1. The second-order valence-electron chi connectivity index (χ2n) is 4.50. The van der Waals surface area contributed by atoms with Gasteiger partial charge in [-0.15, -0.1) is 0 Å². The van der Waals surface area contributed by atoms with E-state index in [2.05, 4.69) is 10.4 Å². The predicted molar refractivity (Wildman–Crippen MR) is 78.8 cm³/mol. The lowest BCUT2D eigenvalue weighted by Gasteiger charge is -2.06. The standard InChI is InChI=1S/C12H19N3OS2/c1-15-8-6-11(14-15)13-12(16)5-3-2-4-10-7-9-17-18-10/h6,8,10H,2-5,7,9H2,1H3,(H,13,14,16)/t10-/m0/s1. The predicted octanol–water partition coefficient (Wildman–Crippen LogP) is 3.07. The van der Waals surface area contributed by atoms with E-state index in [9.17, 15) is 4.79 Å². The van der Waals surface area contributed by atoms with Crippen LogP contribution in [0.2, 0.25) is 0 Å². The van der Waals surface area contributed by atoms with Crippen LogP contribution in [-0.4, -0.2) is 26.7 Å². The van der Waals surface area contributed by atoms with E-state index in [1.807, 2.05) is 40.9 Å². The highest BCUT2D eigenvalue weighted by atomic mass is 33.1. The third-order valence-electron chi connectivity index (χ3n) is 2.89. The zero-order valence-corrected chi connectivity index (χ0v) is 12.2. The quantitative estimate of drug-likeness (QED) is 0.644. The first-order chi connectivity index (χ1) is 8.74. The first kappa shape index (κ1) is 13.8. The highest BCUT2D eigenvalue weighted by molar-refractivity contribution is 8.77. The third kappa shape index (κ3) is 4.57. The molecular formula is C12H19N3OS2. The number of anilines is 1. The van der Waals surface area contributed by atoms with Gasteiger partial charge in [-0.2, -0.15) is 5.10 Å². The monoisotopic (exact) mass is 285 g/mol.